The van der Waals surface area contributed by atoms with Crippen molar-refractivity contribution in [3.05, 3.63) is 295 Å². The molecule has 0 N–H and O–H groups in total. The van der Waals surface area contributed by atoms with E-state index >= 15 is 0 Å². The van der Waals surface area contributed by atoms with Gasteiger partial charge in [0.05, 0.1) is 11.1 Å². The molecule has 12 aromatic rings. The molecule has 3 heteroatoms. The second kappa shape index (κ2) is 16.1. The fraction of sp³-hybridized carbons (Fsp3) is 0.0154. The number of furan rings is 1. The Morgan fingerprint density at radius 1 is 0.324 bits per heavy atom. The Labute approximate surface area is 397 Å². The van der Waals surface area contributed by atoms with Crippen LogP contribution in [0, 0.1) is 0 Å². The van der Waals surface area contributed by atoms with Crippen LogP contribution in [0.5, 0.6) is 0 Å². The summed E-state index contributed by atoms with van der Waals surface area (Å²) >= 11 is 0. The molecule has 1 aliphatic rings. The summed E-state index contributed by atoms with van der Waals surface area (Å²) < 4.78 is 6.70. The van der Waals surface area contributed by atoms with Crippen molar-refractivity contribution in [2.75, 3.05) is 4.90 Å². The molecule has 68 heavy (non-hydrogen) atoms. The normalized spacial score (nSPS) is 12.8. The lowest BCUT2D eigenvalue weighted by Crippen LogP contribution is -2.74. The number of hydrogen-bond donors (Lipinski definition) is 0. The largest absolute Gasteiger partial charge is 0.455 e. The van der Waals surface area contributed by atoms with Crippen molar-refractivity contribution >= 4 is 78.6 Å². The van der Waals surface area contributed by atoms with Gasteiger partial charge in [-0.15, -0.1) is 0 Å². The molecule has 0 amide bonds. The summed E-state index contributed by atoms with van der Waals surface area (Å²) in [6.45, 7) is 0. The summed E-state index contributed by atoms with van der Waals surface area (Å²) in [5, 5.41) is 9.76. The molecule has 0 saturated carbocycles. The van der Waals surface area contributed by atoms with Gasteiger partial charge in [0.15, 0.2) is 8.07 Å². The smallest absolute Gasteiger partial charge is 0.179 e. The van der Waals surface area contributed by atoms with Gasteiger partial charge in [-0.25, -0.2) is 0 Å². The lowest BCUT2D eigenvalue weighted by atomic mass is 9.67. The van der Waals surface area contributed by atoms with Crippen molar-refractivity contribution in [2.45, 2.75) is 5.41 Å². The average Bonchev–Trinajstić information content (AvgIpc) is 3.95. The third kappa shape index (κ3) is 5.96. The summed E-state index contributed by atoms with van der Waals surface area (Å²) in [5.41, 5.74) is 12.0. The average molecular weight is 884 g/mol. The van der Waals surface area contributed by atoms with Crippen molar-refractivity contribution in [2.24, 2.45) is 0 Å². The SMILES string of the molecule is c1ccc(C2(c3ccccc3)c3ccccc3-c3ccc(N(c4ccc([Si](c5ccccc5)(c5ccccc5)c5ccccc5)cc4)c4cc5c6ccccc6oc5c5ccccc45)cc32)cc1. The van der Waals surface area contributed by atoms with Crippen LogP contribution in [0.2, 0.25) is 0 Å². The highest BCUT2D eigenvalue weighted by Crippen LogP contribution is 2.57. The molecular formula is C65H45NOSi. The van der Waals surface area contributed by atoms with Crippen molar-refractivity contribution in [1.82, 2.24) is 0 Å². The van der Waals surface area contributed by atoms with Gasteiger partial charge in [0.2, 0.25) is 0 Å². The van der Waals surface area contributed by atoms with Crippen LogP contribution < -0.4 is 25.6 Å². The van der Waals surface area contributed by atoms with E-state index < -0.39 is 13.5 Å². The molecule has 320 valence electrons. The topological polar surface area (TPSA) is 16.4 Å². The highest BCUT2D eigenvalue weighted by atomic mass is 28.3. The van der Waals surface area contributed by atoms with E-state index in [1.807, 2.05) is 0 Å². The van der Waals surface area contributed by atoms with E-state index in [-0.39, 0.29) is 0 Å². The zero-order valence-corrected chi connectivity index (χ0v) is 38.3. The maximum atomic E-state index is 6.70. The van der Waals surface area contributed by atoms with Gasteiger partial charge < -0.3 is 9.32 Å². The maximum Gasteiger partial charge on any atom is 0.179 e. The molecule has 0 unspecified atom stereocenters. The molecule has 0 bridgehead atoms. The molecule has 0 aliphatic heterocycles. The van der Waals surface area contributed by atoms with E-state index in [0.29, 0.717) is 0 Å². The number of nitrogens with zero attached hydrogens (tertiary/aromatic N) is 1. The lowest BCUT2D eigenvalue weighted by Gasteiger charge is -2.36. The molecule has 0 radical (unpaired) electrons. The highest BCUT2D eigenvalue weighted by Gasteiger charge is 2.46. The second-order valence-corrected chi connectivity index (χ2v) is 21.7. The Bertz CT molecular complexity index is 3640. The molecule has 2 nitrogen and oxygen atoms in total. The molecule has 1 heterocycles. The zero-order chi connectivity index (χ0) is 45.1. The van der Waals surface area contributed by atoms with E-state index in [0.717, 1.165) is 49.8 Å². The van der Waals surface area contributed by atoms with Crippen molar-refractivity contribution < 1.29 is 4.42 Å². The molecular weight excluding hydrogens is 839 g/mol. The Morgan fingerprint density at radius 3 is 1.38 bits per heavy atom. The Kier molecular flexibility index (Phi) is 9.45. The third-order valence-corrected chi connectivity index (χ3v) is 19.3. The van der Waals surface area contributed by atoms with Crippen molar-refractivity contribution in [3.8, 4) is 11.1 Å². The van der Waals surface area contributed by atoms with Gasteiger partial charge in [0.25, 0.3) is 0 Å². The molecule has 0 atom stereocenters. The molecule has 0 spiro atoms. The monoisotopic (exact) mass is 883 g/mol. The quantitative estimate of drug-likeness (QED) is 0.106. The summed E-state index contributed by atoms with van der Waals surface area (Å²) in [4.78, 5) is 2.49. The van der Waals surface area contributed by atoms with Gasteiger partial charge in [-0.1, -0.05) is 237 Å². The molecule has 1 aliphatic carbocycles. The molecule has 11 aromatic carbocycles. The van der Waals surface area contributed by atoms with E-state index in [2.05, 4.69) is 278 Å². The number of anilines is 3. The van der Waals surface area contributed by atoms with Gasteiger partial charge in [0.1, 0.15) is 11.2 Å². The summed E-state index contributed by atoms with van der Waals surface area (Å²) in [6, 6.07) is 101. The first-order valence-corrected chi connectivity index (χ1v) is 25.5. The van der Waals surface area contributed by atoms with Crippen LogP contribution in [0.3, 0.4) is 0 Å². The number of para-hydroxylation sites is 1. The van der Waals surface area contributed by atoms with Crippen LogP contribution >= 0.6 is 0 Å². The van der Waals surface area contributed by atoms with Crippen LogP contribution in [-0.4, -0.2) is 8.07 Å². The minimum Gasteiger partial charge on any atom is -0.455 e. The summed E-state index contributed by atoms with van der Waals surface area (Å²) in [7, 11) is -2.79. The van der Waals surface area contributed by atoms with Gasteiger partial charge in [-0.3, -0.25) is 0 Å². The van der Waals surface area contributed by atoms with E-state index in [4.69, 9.17) is 4.42 Å². The molecule has 1 aromatic heterocycles. The van der Waals surface area contributed by atoms with Crippen LogP contribution in [0.1, 0.15) is 22.3 Å². The fourth-order valence-corrected chi connectivity index (χ4v) is 16.4. The standard InChI is InChI=1S/C65H45NOSi/c1-6-22-46(23-7-1)65(47-24-8-2-9-25-47)60-36-20-18-32-54(60)55-43-40-49(44-61(55)65)66(62-45-59-57-34-19-21-37-63(57)67-64(59)58-35-17-16-33-56(58)62)48-38-41-53(42-39-48)68(50-26-10-3-11-27-50,51-28-12-4-13-29-51)52-30-14-5-15-31-52/h1-45H. The van der Waals surface area contributed by atoms with Gasteiger partial charge in [0, 0.05) is 32.9 Å². The van der Waals surface area contributed by atoms with Crippen molar-refractivity contribution in [1.29, 1.82) is 0 Å². The van der Waals surface area contributed by atoms with Crippen LogP contribution in [0.4, 0.5) is 17.1 Å². The van der Waals surface area contributed by atoms with Crippen LogP contribution in [-0.2, 0) is 5.41 Å². The van der Waals surface area contributed by atoms with E-state index in [1.54, 1.807) is 0 Å². The first-order chi connectivity index (χ1) is 33.7. The first kappa shape index (κ1) is 39.8. The minimum atomic E-state index is -2.79. The number of rotatable bonds is 9. The Balaban J connectivity index is 1.10. The summed E-state index contributed by atoms with van der Waals surface area (Å²) in [6.07, 6.45) is 0. The third-order valence-electron chi connectivity index (χ3n) is 14.5. The molecule has 13 rings (SSSR count). The molecule has 0 fully saturated rings. The second-order valence-electron chi connectivity index (χ2n) is 17.9. The van der Waals surface area contributed by atoms with Gasteiger partial charge in [-0.2, -0.15) is 0 Å². The first-order valence-electron chi connectivity index (χ1n) is 23.5. The van der Waals surface area contributed by atoms with Crippen LogP contribution in [0.25, 0.3) is 43.8 Å². The number of fused-ring (bicyclic) bond motifs is 8. The van der Waals surface area contributed by atoms with E-state index in [1.165, 1.54) is 54.1 Å². The van der Waals surface area contributed by atoms with Gasteiger partial charge >= 0.3 is 0 Å². The van der Waals surface area contributed by atoms with Crippen molar-refractivity contribution in [3.63, 3.8) is 0 Å². The zero-order valence-electron chi connectivity index (χ0n) is 37.3. The Hall–Kier alpha value is -8.50. The predicted molar refractivity (Wildman–Crippen MR) is 287 cm³/mol. The lowest BCUT2D eigenvalue weighted by molar-refractivity contribution is 0.672. The molecule has 0 saturated heterocycles. The number of hydrogen-bond acceptors (Lipinski definition) is 2. The maximum absolute atomic E-state index is 6.70. The Morgan fingerprint density at radius 2 is 0.779 bits per heavy atom. The van der Waals surface area contributed by atoms with Gasteiger partial charge in [-0.05, 0) is 90.5 Å². The predicted octanol–water partition coefficient (Wildman–Crippen LogP) is 13.9. The van der Waals surface area contributed by atoms with Crippen LogP contribution in [0.15, 0.2) is 277 Å². The highest BCUT2D eigenvalue weighted by molar-refractivity contribution is 7.19. The summed E-state index contributed by atoms with van der Waals surface area (Å²) in [5.74, 6) is 0. The fourth-order valence-electron chi connectivity index (χ4n) is 11.6. The van der Waals surface area contributed by atoms with E-state index in [9.17, 15) is 0 Å². The number of benzene rings is 11. The minimum absolute atomic E-state index is 0.557.